The Morgan fingerprint density at radius 2 is 1.84 bits per heavy atom. The van der Waals surface area contributed by atoms with Gasteiger partial charge in [0.05, 0.1) is 0 Å². The summed E-state index contributed by atoms with van der Waals surface area (Å²) in [6.45, 7) is 10.1. The Kier molecular flexibility index (Phi) is 5.41. The summed E-state index contributed by atoms with van der Waals surface area (Å²) in [5.41, 5.74) is 1.45. The normalized spacial score (nSPS) is 17.1. The highest BCUT2D eigenvalue weighted by Gasteiger charge is 2.33. The van der Waals surface area contributed by atoms with E-state index in [-0.39, 0.29) is 0 Å². The fourth-order valence-corrected chi connectivity index (χ4v) is 2.75. The molecule has 19 heavy (non-hydrogen) atoms. The van der Waals surface area contributed by atoms with E-state index < -0.39 is 0 Å². The lowest BCUT2D eigenvalue weighted by molar-refractivity contribution is 0.191. The van der Waals surface area contributed by atoms with Crippen LogP contribution in [0.1, 0.15) is 45.2 Å². The third kappa shape index (κ3) is 4.32. The van der Waals surface area contributed by atoms with E-state index in [2.05, 4.69) is 61.3 Å². The van der Waals surface area contributed by atoms with E-state index in [9.17, 15) is 0 Å². The summed E-state index contributed by atoms with van der Waals surface area (Å²) in [7, 11) is 0. The summed E-state index contributed by atoms with van der Waals surface area (Å²) in [5, 5.41) is 3.64. The van der Waals surface area contributed by atoms with Crippen molar-refractivity contribution in [1.29, 1.82) is 0 Å². The average molecular weight is 260 g/mol. The summed E-state index contributed by atoms with van der Waals surface area (Å²) in [6.07, 6.45) is 2.75. The molecule has 0 aromatic heterocycles. The molecule has 1 fully saturated rings. The predicted molar refractivity (Wildman–Crippen MR) is 82.3 cm³/mol. The van der Waals surface area contributed by atoms with Gasteiger partial charge < -0.3 is 5.32 Å². The van der Waals surface area contributed by atoms with Crippen molar-refractivity contribution in [2.75, 3.05) is 19.6 Å². The molecule has 0 saturated heterocycles. The van der Waals surface area contributed by atoms with Crippen LogP contribution >= 0.6 is 0 Å². The number of nitrogens with zero attached hydrogens (tertiary/aromatic N) is 1. The van der Waals surface area contributed by atoms with Gasteiger partial charge in [0.25, 0.3) is 0 Å². The molecule has 1 aliphatic carbocycles. The largest absolute Gasteiger partial charge is 0.315 e. The van der Waals surface area contributed by atoms with Crippen LogP contribution in [0.15, 0.2) is 30.3 Å². The third-order valence-electron chi connectivity index (χ3n) is 3.86. The number of hydrogen-bond acceptors (Lipinski definition) is 2. The zero-order chi connectivity index (χ0) is 13.7. The van der Waals surface area contributed by atoms with Gasteiger partial charge in [-0.15, -0.1) is 0 Å². The lowest BCUT2D eigenvalue weighted by atomic mass is 10.0. The van der Waals surface area contributed by atoms with Crippen molar-refractivity contribution in [1.82, 2.24) is 10.2 Å². The molecule has 106 valence electrons. The van der Waals surface area contributed by atoms with Gasteiger partial charge in [0.1, 0.15) is 0 Å². The minimum Gasteiger partial charge on any atom is -0.315 e. The number of benzene rings is 1. The van der Waals surface area contributed by atoms with Crippen LogP contribution in [0.5, 0.6) is 0 Å². The lowest BCUT2D eigenvalue weighted by Crippen LogP contribution is -2.38. The second-order valence-corrected chi connectivity index (χ2v) is 6.04. The van der Waals surface area contributed by atoms with E-state index in [0.29, 0.717) is 12.0 Å². The molecule has 1 aromatic carbocycles. The van der Waals surface area contributed by atoms with Crippen LogP contribution in [0.2, 0.25) is 0 Å². The third-order valence-corrected chi connectivity index (χ3v) is 3.86. The van der Waals surface area contributed by atoms with Gasteiger partial charge in [-0.2, -0.15) is 0 Å². The summed E-state index contributed by atoms with van der Waals surface area (Å²) >= 11 is 0. The highest BCUT2D eigenvalue weighted by Crippen LogP contribution is 2.33. The minimum atomic E-state index is 0.525. The molecule has 0 spiro atoms. The van der Waals surface area contributed by atoms with Crippen LogP contribution in [0.3, 0.4) is 0 Å². The lowest BCUT2D eigenvalue weighted by Gasteiger charge is -2.31. The van der Waals surface area contributed by atoms with Gasteiger partial charge in [-0.1, -0.05) is 51.1 Å². The molecule has 1 N–H and O–H groups in total. The SMILES string of the molecule is CCN(C1CC1)C(CNCC(C)C)c1ccccc1. The summed E-state index contributed by atoms with van der Waals surface area (Å²) in [4.78, 5) is 2.67. The Balaban J connectivity index is 2.03. The van der Waals surface area contributed by atoms with Gasteiger partial charge in [0.15, 0.2) is 0 Å². The first-order chi connectivity index (χ1) is 9.22. The van der Waals surface area contributed by atoms with Crippen LogP contribution in [0.4, 0.5) is 0 Å². The van der Waals surface area contributed by atoms with E-state index in [1.165, 1.54) is 18.4 Å². The molecule has 1 saturated carbocycles. The Hall–Kier alpha value is -0.860. The summed E-state index contributed by atoms with van der Waals surface area (Å²) in [6, 6.07) is 12.3. The average Bonchev–Trinajstić information content (AvgIpc) is 3.23. The molecule has 2 nitrogen and oxygen atoms in total. The molecule has 1 aliphatic rings. The van der Waals surface area contributed by atoms with Crippen LogP contribution in [0.25, 0.3) is 0 Å². The fraction of sp³-hybridized carbons (Fsp3) is 0.647. The molecular formula is C17H28N2. The summed E-state index contributed by atoms with van der Waals surface area (Å²) in [5.74, 6) is 0.715. The van der Waals surface area contributed by atoms with Crippen molar-refractivity contribution < 1.29 is 0 Å². The van der Waals surface area contributed by atoms with Crippen LogP contribution < -0.4 is 5.32 Å². The van der Waals surface area contributed by atoms with Gasteiger partial charge in [-0.3, -0.25) is 4.90 Å². The molecule has 0 aliphatic heterocycles. The van der Waals surface area contributed by atoms with Gasteiger partial charge in [-0.05, 0) is 37.4 Å². The molecule has 0 amide bonds. The van der Waals surface area contributed by atoms with E-state index in [0.717, 1.165) is 25.7 Å². The molecule has 1 atom stereocenters. The Labute approximate surface area is 118 Å². The molecule has 2 rings (SSSR count). The van der Waals surface area contributed by atoms with Gasteiger partial charge >= 0.3 is 0 Å². The van der Waals surface area contributed by atoms with Crippen LogP contribution in [-0.4, -0.2) is 30.6 Å². The van der Waals surface area contributed by atoms with Crippen molar-refractivity contribution in [3.05, 3.63) is 35.9 Å². The topological polar surface area (TPSA) is 15.3 Å². The van der Waals surface area contributed by atoms with Crippen LogP contribution in [0, 0.1) is 5.92 Å². The minimum absolute atomic E-state index is 0.525. The number of nitrogens with one attached hydrogen (secondary N) is 1. The van der Waals surface area contributed by atoms with Crippen molar-refractivity contribution in [3.63, 3.8) is 0 Å². The maximum atomic E-state index is 3.64. The maximum absolute atomic E-state index is 3.64. The monoisotopic (exact) mass is 260 g/mol. The van der Waals surface area contributed by atoms with Gasteiger partial charge in [0, 0.05) is 18.6 Å². The highest BCUT2D eigenvalue weighted by atomic mass is 15.2. The number of hydrogen-bond donors (Lipinski definition) is 1. The van der Waals surface area contributed by atoms with Crippen molar-refractivity contribution in [2.45, 2.75) is 45.7 Å². The molecule has 0 radical (unpaired) electrons. The first-order valence-corrected chi connectivity index (χ1v) is 7.73. The fourth-order valence-electron chi connectivity index (χ4n) is 2.75. The maximum Gasteiger partial charge on any atom is 0.0475 e. The zero-order valence-electron chi connectivity index (χ0n) is 12.6. The molecule has 0 bridgehead atoms. The predicted octanol–water partition coefficient (Wildman–Crippen LogP) is 3.46. The Bertz CT molecular complexity index is 357. The quantitative estimate of drug-likeness (QED) is 0.770. The molecule has 1 unspecified atom stereocenters. The van der Waals surface area contributed by atoms with Crippen LogP contribution in [-0.2, 0) is 0 Å². The smallest absolute Gasteiger partial charge is 0.0475 e. The second kappa shape index (κ2) is 7.06. The second-order valence-electron chi connectivity index (χ2n) is 6.04. The Morgan fingerprint density at radius 1 is 1.16 bits per heavy atom. The highest BCUT2D eigenvalue weighted by molar-refractivity contribution is 5.20. The standard InChI is InChI=1S/C17H28N2/c1-4-19(16-10-11-16)17(13-18-12-14(2)3)15-8-6-5-7-9-15/h5-9,14,16-18H,4,10-13H2,1-3H3. The van der Waals surface area contributed by atoms with E-state index in [4.69, 9.17) is 0 Å². The zero-order valence-corrected chi connectivity index (χ0v) is 12.6. The Morgan fingerprint density at radius 3 is 2.37 bits per heavy atom. The summed E-state index contributed by atoms with van der Waals surface area (Å²) < 4.78 is 0. The molecule has 2 heteroatoms. The van der Waals surface area contributed by atoms with Crippen molar-refractivity contribution in [3.8, 4) is 0 Å². The molecule has 1 aromatic rings. The number of rotatable bonds is 8. The first-order valence-electron chi connectivity index (χ1n) is 7.73. The van der Waals surface area contributed by atoms with E-state index in [1.54, 1.807) is 0 Å². The van der Waals surface area contributed by atoms with Gasteiger partial charge in [-0.25, -0.2) is 0 Å². The van der Waals surface area contributed by atoms with E-state index in [1.807, 2.05) is 0 Å². The first kappa shape index (κ1) is 14.5. The van der Waals surface area contributed by atoms with Crippen molar-refractivity contribution >= 4 is 0 Å². The molecular weight excluding hydrogens is 232 g/mol. The van der Waals surface area contributed by atoms with E-state index >= 15 is 0 Å². The van der Waals surface area contributed by atoms with Crippen molar-refractivity contribution in [2.24, 2.45) is 5.92 Å². The van der Waals surface area contributed by atoms with Gasteiger partial charge in [0.2, 0.25) is 0 Å². The number of likely N-dealkylation sites (N-methyl/N-ethyl adjacent to an activating group) is 1. The molecule has 0 heterocycles.